The molecule has 162 valence electrons. The van der Waals surface area contributed by atoms with Crippen molar-refractivity contribution in [2.75, 3.05) is 0 Å². The molecule has 2 nitrogen and oxygen atoms in total. The quantitative estimate of drug-likeness (QED) is 0.319. The first-order valence-corrected chi connectivity index (χ1v) is 12.0. The normalized spacial score (nSPS) is 15.9. The van der Waals surface area contributed by atoms with Crippen molar-refractivity contribution in [1.29, 1.82) is 0 Å². The van der Waals surface area contributed by atoms with Gasteiger partial charge in [-0.3, -0.25) is 0 Å². The van der Waals surface area contributed by atoms with E-state index in [-0.39, 0.29) is 5.41 Å². The van der Waals surface area contributed by atoms with E-state index in [1.54, 1.807) is 0 Å². The number of benzene rings is 2. The average molecular weight is 415 g/mol. The highest BCUT2D eigenvalue weighted by Gasteiger charge is 2.33. The van der Waals surface area contributed by atoms with Crippen LogP contribution < -0.4 is 9.30 Å². The van der Waals surface area contributed by atoms with E-state index in [9.17, 15) is 0 Å². The summed E-state index contributed by atoms with van der Waals surface area (Å²) >= 11 is 0. The summed E-state index contributed by atoms with van der Waals surface area (Å²) in [7, 11) is 2.16. The molecule has 2 aliphatic rings. The van der Waals surface area contributed by atoms with Crippen LogP contribution in [0.25, 0.3) is 22.0 Å². The van der Waals surface area contributed by atoms with Crippen LogP contribution in [0.5, 0.6) is 11.5 Å². The van der Waals surface area contributed by atoms with Crippen LogP contribution >= 0.6 is 0 Å². The van der Waals surface area contributed by atoms with E-state index in [1.165, 1.54) is 70.0 Å². The molecule has 1 saturated carbocycles. The van der Waals surface area contributed by atoms with Gasteiger partial charge in [0.15, 0.2) is 6.20 Å². The van der Waals surface area contributed by atoms with E-state index < -0.39 is 0 Å². The molecule has 0 saturated heterocycles. The SMILES string of the molecule is Cc1cc2cc(CC(C)(C)C)cc3c2c(c1C)-c1c(c(CC2CCCC2)cc[n+]1C)O3. The molecule has 1 aliphatic carbocycles. The second kappa shape index (κ2) is 7.36. The summed E-state index contributed by atoms with van der Waals surface area (Å²) in [6.45, 7) is 11.5. The summed E-state index contributed by atoms with van der Waals surface area (Å²) in [5.41, 5.74) is 8.33. The minimum absolute atomic E-state index is 0.246. The fourth-order valence-corrected chi connectivity index (χ4v) is 5.76. The van der Waals surface area contributed by atoms with Crippen LogP contribution in [0.2, 0.25) is 0 Å². The van der Waals surface area contributed by atoms with E-state index in [0.717, 1.165) is 30.3 Å². The Labute approximate surface area is 187 Å². The maximum absolute atomic E-state index is 6.80. The highest BCUT2D eigenvalue weighted by molar-refractivity contribution is 6.05. The van der Waals surface area contributed by atoms with Crippen LogP contribution in [0.1, 0.15) is 68.7 Å². The standard InChI is InChI=1S/C29H36NO/c1-18-13-23-15-21(17-29(3,4)5)16-24-26(23)25(19(18)2)27-28(31-24)22(11-12-30(27)6)14-20-9-7-8-10-20/h11-13,15-16,20H,7-10,14,17H2,1-6H3/q+1. The molecule has 2 heteroatoms. The molecule has 0 N–H and O–H groups in total. The summed E-state index contributed by atoms with van der Waals surface area (Å²) in [4.78, 5) is 0. The number of hydrogen-bond donors (Lipinski definition) is 0. The molecular weight excluding hydrogens is 378 g/mol. The van der Waals surface area contributed by atoms with E-state index in [4.69, 9.17) is 4.74 Å². The van der Waals surface area contributed by atoms with Crippen LogP contribution in [0.15, 0.2) is 30.5 Å². The van der Waals surface area contributed by atoms with Gasteiger partial charge in [0, 0.05) is 17.0 Å². The Hall–Kier alpha value is -2.35. The molecule has 3 aromatic rings. The van der Waals surface area contributed by atoms with Gasteiger partial charge in [0.25, 0.3) is 5.69 Å². The number of aromatic nitrogens is 1. The minimum Gasteiger partial charge on any atom is -0.449 e. The van der Waals surface area contributed by atoms with Crippen molar-refractivity contribution in [1.82, 2.24) is 0 Å². The summed E-state index contributed by atoms with van der Waals surface area (Å²) in [5.74, 6) is 2.93. The first kappa shape index (κ1) is 20.5. The lowest BCUT2D eigenvalue weighted by Gasteiger charge is -2.26. The van der Waals surface area contributed by atoms with Crippen molar-refractivity contribution in [2.45, 2.75) is 73.1 Å². The first-order valence-electron chi connectivity index (χ1n) is 12.0. The van der Waals surface area contributed by atoms with Crippen molar-refractivity contribution < 1.29 is 9.30 Å². The smallest absolute Gasteiger partial charge is 0.256 e. The third-order valence-corrected chi connectivity index (χ3v) is 7.31. The molecule has 2 aromatic carbocycles. The molecule has 0 amide bonds. The Kier molecular flexibility index (Phi) is 4.88. The van der Waals surface area contributed by atoms with Gasteiger partial charge in [0.05, 0.1) is 5.56 Å². The number of rotatable bonds is 3. The largest absolute Gasteiger partial charge is 0.449 e. The number of ether oxygens (including phenoxy) is 1. The zero-order chi connectivity index (χ0) is 21.9. The summed E-state index contributed by atoms with van der Waals surface area (Å²) in [5, 5.41) is 2.59. The fraction of sp³-hybridized carbons (Fsp3) is 0.483. The monoisotopic (exact) mass is 414 g/mol. The highest BCUT2D eigenvalue weighted by atomic mass is 16.5. The second-order valence-electron chi connectivity index (χ2n) is 11.2. The molecule has 1 fully saturated rings. The fourth-order valence-electron chi connectivity index (χ4n) is 5.76. The highest BCUT2D eigenvalue weighted by Crippen LogP contribution is 2.49. The number of hydrogen-bond acceptors (Lipinski definition) is 1. The molecule has 1 aliphatic heterocycles. The predicted molar refractivity (Wildman–Crippen MR) is 129 cm³/mol. The maximum atomic E-state index is 6.80. The average Bonchev–Trinajstić information content (AvgIpc) is 3.19. The lowest BCUT2D eigenvalue weighted by molar-refractivity contribution is -0.660. The van der Waals surface area contributed by atoms with Gasteiger partial charge in [0.1, 0.15) is 12.8 Å². The van der Waals surface area contributed by atoms with Gasteiger partial charge in [0.2, 0.25) is 5.75 Å². The first-order chi connectivity index (χ1) is 14.7. The maximum Gasteiger partial charge on any atom is 0.256 e. The van der Waals surface area contributed by atoms with E-state index in [2.05, 4.69) is 76.7 Å². The predicted octanol–water partition coefficient (Wildman–Crippen LogP) is 7.38. The third kappa shape index (κ3) is 3.64. The van der Waals surface area contributed by atoms with Gasteiger partial charge in [-0.1, -0.05) is 58.6 Å². The Bertz CT molecular complexity index is 1180. The Morgan fingerprint density at radius 1 is 1.06 bits per heavy atom. The summed E-state index contributed by atoms with van der Waals surface area (Å²) < 4.78 is 9.07. The van der Waals surface area contributed by atoms with Crippen molar-refractivity contribution in [3.05, 3.63) is 52.7 Å². The Morgan fingerprint density at radius 3 is 2.52 bits per heavy atom. The molecule has 0 radical (unpaired) electrons. The minimum atomic E-state index is 0.246. The van der Waals surface area contributed by atoms with Gasteiger partial charge in [-0.2, -0.15) is 4.57 Å². The number of nitrogens with zero attached hydrogens (tertiary/aromatic N) is 1. The molecule has 0 atom stereocenters. The topological polar surface area (TPSA) is 13.1 Å². The second-order valence-corrected chi connectivity index (χ2v) is 11.2. The van der Waals surface area contributed by atoms with Crippen LogP contribution in [-0.2, 0) is 19.9 Å². The van der Waals surface area contributed by atoms with E-state index in [0.29, 0.717) is 0 Å². The molecule has 1 aromatic heterocycles. The zero-order valence-electron chi connectivity index (χ0n) is 20.1. The number of pyridine rings is 1. The van der Waals surface area contributed by atoms with Gasteiger partial charge in [-0.15, -0.1) is 0 Å². The lowest BCUT2D eigenvalue weighted by atomic mass is 9.84. The summed E-state index contributed by atoms with van der Waals surface area (Å²) in [6, 6.07) is 9.34. The van der Waals surface area contributed by atoms with Crippen LogP contribution in [0, 0.1) is 25.2 Å². The van der Waals surface area contributed by atoms with Crippen LogP contribution in [0.4, 0.5) is 0 Å². The van der Waals surface area contributed by atoms with Crippen molar-refractivity contribution in [2.24, 2.45) is 18.4 Å². The molecule has 0 spiro atoms. The van der Waals surface area contributed by atoms with Gasteiger partial charge in [-0.05, 0) is 66.2 Å². The Morgan fingerprint density at radius 2 is 1.81 bits per heavy atom. The lowest BCUT2D eigenvalue weighted by Crippen LogP contribution is -2.32. The van der Waals surface area contributed by atoms with E-state index in [1.807, 2.05) is 0 Å². The van der Waals surface area contributed by atoms with Gasteiger partial charge in [-0.25, -0.2) is 0 Å². The van der Waals surface area contributed by atoms with Gasteiger partial charge >= 0.3 is 0 Å². The van der Waals surface area contributed by atoms with Crippen molar-refractivity contribution in [3.8, 4) is 22.8 Å². The molecular formula is C29H36NO+. The molecule has 5 rings (SSSR count). The molecule has 0 bridgehead atoms. The van der Waals surface area contributed by atoms with Crippen LogP contribution in [0.3, 0.4) is 0 Å². The van der Waals surface area contributed by atoms with Crippen LogP contribution in [-0.4, -0.2) is 0 Å². The van der Waals surface area contributed by atoms with Gasteiger partial charge < -0.3 is 4.74 Å². The zero-order valence-corrected chi connectivity index (χ0v) is 20.1. The van der Waals surface area contributed by atoms with Crippen molar-refractivity contribution >= 4 is 10.8 Å². The van der Waals surface area contributed by atoms with Crippen molar-refractivity contribution in [3.63, 3.8) is 0 Å². The summed E-state index contributed by atoms with van der Waals surface area (Å²) in [6.07, 6.45) is 9.89. The number of aryl methyl sites for hydroxylation is 2. The Balaban J connectivity index is 1.74. The number of fused-ring (bicyclic) bond motifs is 2. The van der Waals surface area contributed by atoms with E-state index >= 15 is 0 Å². The molecule has 2 heterocycles. The molecule has 31 heavy (non-hydrogen) atoms. The molecule has 0 unspecified atom stereocenters. The third-order valence-electron chi connectivity index (χ3n) is 7.31.